The molecule has 0 saturated carbocycles. The van der Waals surface area contributed by atoms with Crippen LogP contribution in [0, 0.1) is 0 Å². The van der Waals surface area contributed by atoms with Crippen molar-refractivity contribution in [1.29, 1.82) is 0 Å². The van der Waals surface area contributed by atoms with Crippen molar-refractivity contribution in [3.8, 4) is 0 Å². The molecule has 26 heavy (non-hydrogen) atoms. The molecule has 142 valence electrons. The van der Waals surface area contributed by atoms with E-state index in [1.807, 2.05) is 0 Å². The summed E-state index contributed by atoms with van der Waals surface area (Å²) in [6.45, 7) is 5.83. The number of carbonyl (C=O) groups is 1. The molecular weight excluding hydrogens is 374 g/mol. The Bertz CT molecular complexity index is 968. The molecule has 2 aromatic rings. The summed E-state index contributed by atoms with van der Waals surface area (Å²) in [7, 11) is -3.58. The van der Waals surface area contributed by atoms with Crippen LogP contribution in [0.15, 0.2) is 27.9 Å². The number of nitrogens with zero attached hydrogens (tertiary/aromatic N) is 3. The highest BCUT2D eigenvalue weighted by atomic mass is 32.2. The van der Waals surface area contributed by atoms with Crippen LogP contribution >= 0.6 is 11.3 Å². The topological polar surface area (TPSA) is 79.7 Å². The van der Waals surface area contributed by atoms with Gasteiger partial charge >= 0.3 is 4.87 Å². The Morgan fingerprint density at radius 1 is 1.19 bits per heavy atom. The predicted octanol–water partition coefficient (Wildman–Crippen LogP) is 1.72. The van der Waals surface area contributed by atoms with Crippen molar-refractivity contribution >= 4 is 37.5 Å². The summed E-state index contributed by atoms with van der Waals surface area (Å²) < 4.78 is 28.7. The lowest BCUT2D eigenvalue weighted by atomic mass is 10.3. The lowest BCUT2D eigenvalue weighted by molar-refractivity contribution is -0.130. The second-order valence-corrected chi connectivity index (χ2v) is 9.19. The number of aromatic nitrogens is 1. The maximum Gasteiger partial charge on any atom is 0.308 e. The summed E-state index contributed by atoms with van der Waals surface area (Å²) in [5, 5.41) is 0. The van der Waals surface area contributed by atoms with E-state index in [9.17, 15) is 18.0 Å². The van der Waals surface area contributed by atoms with Gasteiger partial charge in [0.1, 0.15) is 6.54 Å². The third kappa shape index (κ3) is 3.43. The number of benzene rings is 1. The SMILES string of the molecule is CCN(CC)S(=O)(=O)c1ccc2c(c1)sc(=O)n2CC(=O)N1CCCC1. The minimum Gasteiger partial charge on any atom is -0.341 e. The Hall–Kier alpha value is -1.71. The van der Waals surface area contributed by atoms with Crippen LogP contribution in [0.3, 0.4) is 0 Å². The Morgan fingerprint density at radius 2 is 1.85 bits per heavy atom. The highest BCUT2D eigenvalue weighted by molar-refractivity contribution is 7.89. The van der Waals surface area contributed by atoms with Gasteiger partial charge in [0.2, 0.25) is 15.9 Å². The van der Waals surface area contributed by atoms with Crippen LogP contribution in [0.5, 0.6) is 0 Å². The molecule has 1 aromatic heterocycles. The lowest BCUT2D eigenvalue weighted by Gasteiger charge is -2.18. The van der Waals surface area contributed by atoms with Gasteiger partial charge in [0, 0.05) is 26.2 Å². The van der Waals surface area contributed by atoms with Gasteiger partial charge in [0.15, 0.2) is 0 Å². The molecule has 3 rings (SSSR count). The van der Waals surface area contributed by atoms with Crippen molar-refractivity contribution in [3.63, 3.8) is 0 Å². The molecule has 7 nitrogen and oxygen atoms in total. The van der Waals surface area contributed by atoms with Gasteiger partial charge in [-0.15, -0.1) is 0 Å². The summed E-state index contributed by atoms with van der Waals surface area (Å²) >= 11 is 0.974. The first-order valence-corrected chi connectivity index (χ1v) is 11.1. The number of rotatable bonds is 6. The molecule has 1 saturated heterocycles. The Balaban J connectivity index is 1.95. The third-order valence-corrected chi connectivity index (χ3v) is 7.72. The van der Waals surface area contributed by atoms with Crippen LogP contribution in [0.25, 0.3) is 10.2 Å². The summed E-state index contributed by atoms with van der Waals surface area (Å²) in [4.78, 5) is 26.4. The number of sulfonamides is 1. The second kappa shape index (κ2) is 7.50. The smallest absolute Gasteiger partial charge is 0.308 e. The highest BCUT2D eigenvalue weighted by Gasteiger charge is 2.24. The molecule has 0 N–H and O–H groups in total. The number of fused-ring (bicyclic) bond motifs is 1. The van der Waals surface area contributed by atoms with E-state index in [0.717, 1.165) is 37.3 Å². The zero-order valence-electron chi connectivity index (χ0n) is 15.0. The van der Waals surface area contributed by atoms with Gasteiger partial charge in [0.25, 0.3) is 0 Å². The zero-order valence-corrected chi connectivity index (χ0v) is 16.6. The van der Waals surface area contributed by atoms with Crippen molar-refractivity contribution in [1.82, 2.24) is 13.8 Å². The summed E-state index contributed by atoms with van der Waals surface area (Å²) in [5.74, 6) is -0.0656. The number of carbonyl (C=O) groups excluding carboxylic acids is 1. The van der Waals surface area contributed by atoms with Gasteiger partial charge in [-0.1, -0.05) is 25.2 Å². The molecule has 1 amide bonds. The lowest BCUT2D eigenvalue weighted by Crippen LogP contribution is -2.33. The fourth-order valence-corrected chi connectivity index (χ4v) is 5.76. The molecule has 1 aromatic carbocycles. The molecule has 0 bridgehead atoms. The largest absolute Gasteiger partial charge is 0.341 e. The minimum atomic E-state index is -3.58. The van der Waals surface area contributed by atoms with Gasteiger partial charge < -0.3 is 4.90 Å². The summed E-state index contributed by atoms with van der Waals surface area (Å²) in [5.41, 5.74) is 0.603. The fourth-order valence-electron chi connectivity index (χ4n) is 3.27. The number of hydrogen-bond donors (Lipinski definition) is 0. The van der Waals surface area contributed by atoms with Crippen molar-refractivity contribution in [2.24, 2.45) is 0 Å². The average molecular weight is 398 g/mol. The third-order valence-electron chi connectivity index (χ3n) is 4.74. The van der Waals surface area contributed by atoms with E-state index < -0.39 is 10.0 Å². The maximum atomic E-state index is 12.7. The van der Waals surface area contributed by atoms with Gasteiger partial charge in [-0.05, 0) is 31.0 Å². The van der Waals surface area contributed by atoms with E-state index in [2.05, 4.69) is 0 Å². The van der Waals surface area contributed by atoms with Gasteiger partial charge in [-0.2, -0.15) is 4.31 Å². The molecule has 0 spiro atoms. The molecule has 1 fully saturated rings. The summed E-state index contributed by atoms with van der Waals surface area (Å²) in [6.07, 6.45) is 2.00. The molecule has 0 atom stereocenters. The van der Waals surface area contributed by atoms with Crippen molar-refractivity contribution in [2.45, 2.75) is 38.1 Å². The van der Waals surface area contributed by atoms with Crippen molar-refractivity contribution < 1.29 is 13.2 Å². The zero-order chi connectivity index (χ0) is 18.9. The van der Waals surface area contributed by atoms with Crippen molar-refractivity contribution in [3.05, 3.63) is 27.9 Å². The first-order chi connectivity index (χ1) is 12.4. The second-order valence-electron chi connectivity index (χ2n) is 6.26. The van der Waals surface area contributed by atoms with Crippen LogP contribution < -0.4 is 4.87 Å². The number of thiazole rings is 1. The Kier molecular flexibility index (Phi) is 5.50. The van der Waals surface area contributed by atoms with E-state index in [-0.39, 0.29) is 22.2 Å². The van der Waals surface area contributed by atoms with Crippen LogP contribution in [0.1, 0.15) is 26.7 Å². The van der Waals surface area contributed by atoms with Gasteiger partial charge in [0.05, 0.1) is 15.1 Å². The summed E-state index contributed by atoms with van der Waals surface area (Å²) in [6, 6.07) is 4.67. The molecule has 0 aliphatic carbocycles. The molecular formula is C17H23N3O4S2. The van der Waals surface area contributed by atoms with Gasteiger partial charge in [-0.25, -0.2) is 8.42 Å². The Labute approximate surface area is 156 Å². The predicted molar refractivity (Wildman–Crippen MR) is 102 cm³/mol. The molecule has 9 heteroatoms. The number of likely N-dealkylation sites (tertiary alicyclic amines) is 1. The first kappa shape index (κ1) is 19.1. The average Bonchev–Trinajstić information content (AvgIpc) is 3.24. The van der Waals surface area contributed by atoms with Gasteiger partial charge in [-0.3, -0.25) is 14.2 Å². The quantitative estimate of drug-likeness (QED) is 0.743. The normalized spacial score (nSPS) is 15.3. The molecule has 0 radical (unpaired) electrons. The van der Waals surface area contributed by atoms with E-state index in [1.165, 1.54) is 21.0 Å². The molecule has 1 aliphatic rings. The first-order valence-electron chi connectivity index (χ1n) is 8.79. The highest BCUT2D eigenvalue weighted by Crippen LogP contribution is 2.24. The number of amides is 1. The Morgan fingerprint density at radius 3 is 2.46 bits per heavy atom. The molecule has 0 unspecified atom stereocenters. The van der Waals surface area contributed by atoms with Crippen LogP contribution in [0.2, 0.25) is 0 Å². The van der Waals surface area contributed by atoms with E-state index in [4.69, 9.17) is 0 Å². The van der Waals surface area contributed by atoms with Crippen LogP contribution in [-0.2, 0) is 21.4 Å². The molecule has 1 aliphatic heterocycles. The van der Waals surface area contributed by atoms with E-state index in [0.29, 0.717) is 23.3 Å². The minimum absolute atomic E-state index is 0.000967. The number of hydrogen-bond acceptors (Lipinski definition) is 5. The maximum absolute atomic E-state index is 12.7. The van der Waals surface area contributed by atoms with E-state index in [1.54, 1.807) is 24.8 Å². The standard InChI is InChI=1S/C17H23N3O4S2/c1-3-19(4-2)26(23,24)13-7-8-14-15(11-13)25-17(22)20(14)12-16(21)18-9-5-6-10-18/h7-8,11H,3-6,9-10,12H2,1-2H3. The van der Waals surface area contributed by atoms with E-state index >= 15 is 0 Å². The van der Waals surface area contributed by atoms with Crippen LogP contribution in [0.4, 0.5) is 0 Å². The fraction of sp³-hybridized carbons (Fsp3) is 0.529. The van der Waals surface area contributed by atoms with Crippen molar-refractivity contribution in [2.75, 3.05) is 26.2 Å². The molecule has 2 heterocycles. The van der Waals surface area contributed by atoms with Crippen LogP contribution in [-0.4, -0.2) is 54.3 Å². The monoisotopic (exact) mass is 397 g/mol.